The number of hydrogen-bond acceptors (Lipinski definition) is 1. The lowest BCUT2D eigenvalue weighted by atomic mass is 9.85. The maximum atomic E-state index is 2.43. The van der Waals surface area contributed by atoms with E-state index in [1.807, 2.05) is 11.3 Å². The zero-order valence-electron chi connectivity index (χ0n) is 31.0. The number of thiophene rings is 1. The molecule has 0 saturated heterocycles. The third-order valence-corrected chi connectivity index (χ3v) is 13.2. The van der Waals surface area contributed by atoms with E-state index in [1.54, 1.807) is 0 Å². The van der Waals surface area contributed by atoms with Gasteiger partial charge in [-0.25, -0.2) is 0 Å². The van der Waals surface area contributed by atoms with Crippen LogP contribution in [-0.4, -0.2) is 0 Å². The summed E-state index contributed by atoms with van der Waals surface area (Å²) in [6, 6.07) is 76.5. The lowest BCUT2D eigenvalue weighted by molar-refractivity contribution is 1.60. The van der Waals surface area contributed by atoms with Crippen LogP contribution in [0, 0.1) is 0 Å². The summed E-state index contributed by atoms with van der Waals surface area (Å²) in [6.45, 7) is 0. The first-order chi connectivity index (χ1) is 28.3. The van der Waals surface area contributed by atoms with Crippen LogP contribution in [0.15, 0.2) is 206 Å². The van der Waals surface area contributed by atoms with E-state index in [-0.39, 0.29) is 0 Å². The molecule has 11 aromatic carbocycles. The normalized spacial score (nSPS) is 11.9. The minimum Gasteiger partial charge on any atom is -0.135 e. The number of benzene rings is 11. The van der Waals surface area contributed by atoms with Crippen molar-refractivity contribution in [3.63, 3.8) is 0 Å². The number of fused-ring (bicyclic) bond motifs is 9. The molecule has 12 aromatic rings. The molecule has 0 N–H and O–H groups in total. The second kappa shape index (κ2) is 12.7. The highest BCUT2D eigenvalue weighted by Crippen LogP contribution is 2.46. The van der Waals surface area contributed by atoms with E-state index in [2.05, 4.69) is 206 Å². The summed E-state index contributed by atoms with van der Waals surface area (Å²) in [7, 11) is 0. The van der Waals surface area contributed by atoms with Crippen molar-refractivity contribution in [3.8, 4) is 44.5 Å². The molecular formula is C56H34S. The molecule has 1 heteroatoms. The number of rotatable bonds is 4. The molecule has 0 nitrogen and oxygen atoms in total. The summed E-state index contributed by atoms with van der Waals surface area (Å²) in [4.78, 5) is 0. The fourth-order valence-corrected chi connectivity index (χ4v) is 10.5. The van der Waals surface area contributed by atoms with Crippen LogP contribution in [0.25, 0.3) is 119 Å². The first kappa shape index (κ1) is 32.2. The molecule has 0 atom stereocenters. The van der Waals surface area contributed by atoms with Gasteiger partial charge < -0.3 is 0 Å². The number of hydrogen-bond donors (Lipinski definition) is 0. The van der Waals surface area contributed by atoms with Crippen LogP contribution in [0.4, 0.5) is 0 Å². The Labute approximate surface area is 334 Å². The van der Waals surface area contributed by atoms with E-state index >= 15 is 0 Å². The predicted molar refractivity (Wildman–Crippen MR) is 249 cm³/mol. The van der Waals surface area contributed by atoms with Gasteiger partial charge in [-0.3, -0.25) is 0 Å². The van der Waals surface area contributed by atoms with Gasteiger partial charge in [-0.2, -0.15) is 0 Å². The summed E-state index contributed by atoms with van der Waals surface area (Å²) in [5.41, 5.74) is 9.99. The third kappa shape index (κ3) is 5.06. The van der Waals surface area contributed by atoms with E-state index in [0.717, 1.165) is 0 Å². The van der Waals surface area contributed by atoms with Gasteiger partial charge in [-0.15, -0.1) is 11.3 Å². The summed E-state index contributed by atoms with van der Waals surface area (Å²) in [5, 5.41) is 15.4. The van der Waals surface area contributed by atoms with Gasteiger partial charge in [0.05, 0.1) is 0 Å². The molecule has 0 amide bonds. The van der Waals surface area contributed by atoms with Gasteiger partial charge in [-0.1, -0.05) is 176 Å². The highest BCUT2D eigenvalue weighted by atomic mass is 32.1. The molecule has 0 bridgehead atoms. The van der Waals surface area contributed by atoms with E-state index in [0.29, 0.717) is 0 Å². The van der Waals surface area contributed by atoms with Gasteiger partial charge in [0.15, 0.2) is 0 Å². The molecule has 264 valence electrons. The lowest BCUT2D eigenvalue weighted by Crippen LogP contribution is -1.91. The molecule has 12 rings (SSSR count). The Morgan fingerprint density at radius 3 is 1.39 bits per heavy atom. The van der Waals surface area contributed by atoms with Crippen LogP contribution in [0.1, 0.15) is 0 Å². The lowest BCUT2D eigenvalue weighted by Gasteiger charge is -2.18. The van der Waals surface area contributed by atoms with Gasteiger partial charge in [-0.05, 0) is 129 Å². The van der Waals surface area contributed by atoms with Crippen molar-refractivity contribution in [1.29, 1.82) is 0 Å². The van der Waals surface area contributed by atoms with Gasteiger partial charge in [0, 0.05) is 20.2 Å². The molecular weight excluding hydrogens is 705 g/mol. The second-order valence-electron chi connectivity index (χ2n) is 15.2. The average Bonchev–Trinajstić information content (AvgIpc) is 3.63. The molecule has 1 aromatic heterocycles. The molecule has 1 heterocycles. The first-order valence-corrected chi connectivity index (χ1v) is 20.5. The van der Waals surface area contributed by atoms with Crippen LogP contribution in [-0.2, 0) is 0 Å². The Balaban J connectivity index is 1.02. The Morgan fingerprint density at radius 2 is 0.702 bits per heavy atom. The van der Waals surface area contributed by atoms with Crippen molar-refractivity contribution in [2.75, 3.05) is 0 Å². The van der Waals surface area contributed by atoms with Crippen molar-refractivity contribution in [2.24, 2.45) is 0 Å². The van der Waals surface area contributed by atoms with Crippen molar-refractivity contribution < 1.29 is 0 Å². The van der Waals surface area contributed by atoms with Gasteiger partial charge in [0.1, 0.15) is 0 Å². The van der Waals surface area contributed by atoms with Crippen molar-refractivity contribution >= 4 is 85.4 Å². The van der Waals surface area contributed by atoms with Crippen LogP contribution >= 0.6 is 11.3 Å². The molecule has 0 aliphatic rings. The standard InChI is InChI=1S/C56H34S/c1-2-14-38-34-54-52(31-37(38)13-1)51-33-40(29-30-53(51)57-54)56-48-23-11-9-21-46(48)55(47-22-10-12-24-49(47)56)36-27-25-35(26-28-36)41-16-5-6-19-44(41)50-32-39-15-3-4-17-42(39)43-18-7-8-20-45(43)50/h1-34H. The fraction of sp³-hybridized carbons (Fsp3) is 0. The summed E-state index contributed by atoms with van der Waals surface area (Å²) in [6.07, 6.45) is 0. The zero-order valence-corrected chi connectivity index (χ0v) is 31.9. The van der Waals surface area contributed by atoms with E-state index in [4.69, 9.17) is 0 Å². The van der Waals surface area contributed by atoms with E-state index < -0.39 is 0 Å². The zero-order chi connectivity index (χ0) is 37.5. The molecule has 0 unspecified atom stereocenters. The monoisotopic (exact) mass is 738 g/mol. The smallest absolute Gasteiger partial charge is 0.0361 e. The molecule has 0 fully saturated rings. The van der Waals surface area contributed by atoms with Crippen LogP contribution < -0.4 is 0 Å². The minimum atomic E-state index is 1.21. The summed E-state index contributed by atoms with van der Waals surface area (Å²) in [5.74, 6) is 0. The van der Waals surface area contributed by atoms with Crippen molar-refractivity contribution in [3.05, 3.63) is 206 Å². The van der Waals surface area contributed by atoms with Crippen molar-refractivity contribution in [2.45, 2.75) is 0 Å². The quantitative estimate of drug-likeness (QED) is 0.125. The maximum absolute atomic E-state index is 2.43. The van der Waals surface area contributed by atoms with E-state index in [9.17, 15) is 0 Å². The highest BCUT2D eigenvalue weighted by molar-refractivity contribution is 7.25. The molecule has 0 saturated carbocycles. The third-order valence-electron chi connectivity index (χ3n) is 12.0. The van der Waals surface area contributed by atoms with Crippen molar-refractivity contribution in [1.82, 2.24) is 0 Å². The first-order valence-electron chi connectivity index (χ1n) is 19.7. The maximum Gasteiger partial charge on any atom is 0.0361 e. The Hall–Kier alpha value is -7.06. The molecule has 0 radical (unpaired) electrons. The molecule has 0 aliphatic carbocycles. The Morgan fingerprint density at radius 1 is 0.228 bits per heavy atom. The Bertz CT molecular complexity index is 3510. The average molecular weight is 739 g/mol. The summed E-state index contributed by atoms with van der Waals surface area (Å²) >= 11 is 1.89. The fourth-order valence-electron chi connectivity index (χ4n) is 9.43. The Kier molecular flexibility index (Phi) is 7.20. The van der Waals surface area contributed by atoms with Gasteiger partial charge in [0.25, 0.3) is 0 Å². The molecule has 0 spiro atoms. The van der Waals surface area contributed by atoms with Crippen LogP contribution in [0.2, 0.25) is 0 Å². The van der Waals surface area contributed by atoms with Crippen LogP contribution in [0.3, 0.4) is 0 Å². The highest BCUT2D eigenvalue weighted by Gasteiger charge is 2.19. The summed E-state index contributed by atoms with van der Waals surface area (Å²) < 4.78 is 2.66. The molecule has 57 heavy (non-hydrogen) atoms. The topological polar surface area (TPSA) is 0 Å². The predicted octanol–water partition coefficient (Wildman–Crippen LogP) is 16.5. The second-order valence-corrected chi connectivity index (χ2v) is 16.2. The van der Waals surface area contributed by atoms with E-state index in [1.165, 1.54) is 119 Å². The minimum absolute atomic E-state index is 1.21. The SMILES string of the molecule is c1ccc(-c2cc3ccccc3c3ccccc23)c(-c2ccc(-c3c4ccccc4c(-c4ccc5sc6cc7ccccc7cc6c5c4)c4ccccc34)cc2)c1. The molecule has 0 aliphatic heterocycles. The largest absolute Gasteiger partial charge is 0.135 e. The van der Waals surface area contributed by atoms with Gasteiger partial charge in [0.2, 0.25) is 0 Å². The van der Waals surface area contributed by atoms with Crippen LogP contribution in [0.5, 0.6) is 0 Å². The van der Waals surface area contributed by atoms with Gasteiger partial charge >= 0.3 is 0 Å².